The van der Waals surface area contributed by atoms with E-state index in [0.29, 0.717) is 0 Å². The van der Waals surface area contributed by atoms with Gasteiger partial charge in [-0.3, -0.25) is 4.90 Å². The largest absolute Gasteiger partial charge is 0.468 e. The molecule has 116 valence electrons. The first kappa shape index (κ1) is 16.2. The summed E-state index contributed by atoms with van der Waals surface area (Å²) in [5.74, 6) is 1.00. The first-order chi connectivity index (χ1) is 9.83. The molecule has 0 spiro atoms. The SMILES string of the molecule is Cc1ncsc1CN(C)Cc1cc(CNC(C)(C)C)co1. The normalized spacial score (nSPS) is 12.3. The molecule has 0 amide bonds. The van der Waals surface area contributed by atoms with E-state index < -0.39 is 0 Å². The second-order valence-electron chi connectivity index (χ2n) is 6.56. The Kier molecular flexibility index (Phi) is 5.19. The highest BCUT2D eigenvalue weighted by atomic mass is 32.1. The fraction of sp³-hybridized carbons (Fsp3) is 0.562. The average molecular weight is 307 g/mol. The molecule has 0 unspecified atom stereocenters. The summed E-state index contributed by atoms with van der Waals surface area (Å²) in [6.07, 6.45) is 1.85. The second-order valence-corrected chi connectivity index (χ2v) is 7.50. The number of thiazole rings is 1. The van der Waals surface area contributed by atoms with E-state index in [1.165, 1.54) is 10.4 Å². The molecule has 21 heavy (non-hydrogen) atoms. The van der Waals surface area contributed by atoms with Crippen LogP contribution in [0.2, 0.25) is 0 Å². The fourth-order valence-corrected chi connectivity index (χ4v) is 2.87. The van der Waals surface area contributed by atoms with E-state index in [2.05, 4.69) is 56.0 Å². The molecule has 0 aliphatic heterocycles. The summed E-state index contributed by atoms with van der Waals surface area (Å²) in [4.78, 5) is 7.86. The number of hydrogen-bond acceptors (Lipinski definition) is 5. The number of hydrogen-bond donors (Lipinski definition) is 1. The Morgan fingerprint density at radius 2 is 2.10 bits per heavy atom. The summed E-state index contributed by atoms with van der Waals surface area (Å²) in [5.41, 5.74) is 4.35. The molecule has 0 aromatic carbocycles. The third-order valence-corrected chi connectivity index (χ3v) is 4.13. The van der Waals surface area contributed by atoms with Crippen molar-refractivity contribution in [2.45, 2.75) is 52.9 Å². The van der Waals surface area contributed by atoms with Crippen molar-refractivity contribution in [3.05, 3.63) is 39.7 Å². The molecule has 0 saturated carbocycles. The van der Waals surface area contributed by atoms with Crippen LogP contribution in [0.15, 0.2) is 22.3 Å². The van der Waals surface area contributed by atoms with Crippen LogP contribution in [0.1, 0.15) is 42.7 Å². The smallest absolute Gasteiger partial charge is 0.118 e. The molecule has 0 fully saturated rings. The first-order valence-corrected chi connectivity index (χ1v) is 8.10. The zero-order chi connectivity index (χ0) is 15.5. The molecule has 2 heterocycles. The third kappa shape index (κ3) is 5.26. The monoisotopic (exact) mass is 307 g/mol. The molecule has 2 aromatic rings. The Bertz CT molecular complexity index is 568. The van der Waals surface area contributed by atoms with Gasteiger partial charge in [-0.25, -0.2) is 4.98 Å². The Hall–Kier alpha value is -1.17. The van der Waals surface area contributed by atoms with Crippen molar-refractivity contribution < 1.29 is 4.42 Å². The summed E-state index contributed by atoms with van der Waals surface area (Å²) in [7, 11) is 2.11. The van der Waals surface area contributed by atoms with E-state index in [9.17, 15) is 0 Å². The Morgan fingerprint density at radius 3 is 2.71 bits per heavy atom. The van der Waals surface area contributed by atoms with Crippen LogP contribution in [0.3, 0.4) is 0 Å². The lowest BCUT2D eigenvalue weighted by molar-refractivity contribution is 0.289. The van der Waals surface area contributed by atoms with E-state index in [1.54, 1.807) is 11.3 Å². The number of furan rings is 1. The van der Waals surface area contributed by atoms with E-state index in [-0.39, 0.29) is 5.54 Å². The van der Waals surface area contributed by atoms with Crippen molar-refractivity contribution in [2.75, 3.05) is 7.05 Å². The quantitative estimate of drug-likeness (QED) is 0.886. The van der Waals surface area contributed by atoms with Crippen molar-refractivity contribution in [1.82, 2.24) is 15.2 Å². The maximum atomic E-state index is 5.66. The lowest BCUT2D eigenvalue weighted by Gasteiger charge is -2.19. The van der Waals surface area contributed by atoms with Gasteiger partial charge >= 0.3 is 0 Å². The minimum absolute atomic E-state index is 0.123. The molecule has 0 aliphatic rings. The molecule has 4 nitrogen and oxygen atoms in total. The fourth-order valence-electron chi connectivity index (χ4n) is 2.01. The van der Waals surface area contributed by atoms with Crippen molar-refractivity contribution in [3.8, 4) is 0 Å². The lowest BCUT2D eigenvalue weighted by Crippen LogP contribution is -2.34. The summed E-state index contributed by atoms with van der Waals surface area (Å²) in [6.45, 7) is 11.1. The molecular formula is C16H25N3OS. The van der Waals surface area contributed by atoms with Crippen molar-refractivity contribution >= 4 is 11.3 Å². The highest BCUT2D eigenvalue weighted by Gasteiger charge is 2.11. The van der Waals surface area contributed by atoms with Crippen molar-refractivity contribution in [3.63, 3.8) is 0 Å². The average Bonchev–Trinajstić information content (AvgIpc) is 2.96. The predicted octanol–water partition coefficient (Wildman–Crippen LogP) is 3.56. The number of nitrogens with one attached hydrogen (secondary N) is 1. The number of aryl methyl sites for hydroxylation is 1. The van der Waals surface area contributed by atoms with E-state index in [4.69, 9.17) is 4.42 Å². The highest BCUT2D eigenvalue weighted by molar-refractivity contribution is 7.09. The minimum atomic E-state index is 0.123. The summed E-state index contributed by atoms with van der Waals surface area (Å²) >= 11 is 1.71. The molecule has 0 aliphatic carbocycles. The minimum Gasteiger partial charge on any atom is -0.468 e. The molecule has 0 atom stereocenters. The second kappa shape index (κ2) is 6.73. The van der Waals surface area contributed by atoms with Gasteiger partial charge in [-0.1, -0.05) is 0 Å². The zero-order valence-corrected chi connectivity index (χ0v) is 14.4. The van der Waals surface area contributed by atoms with Gasteiger partial charge in [-0.15, -0.1) is 11.3 Å². The molecule has 2 aromatic heterocycles. The molecule has 5 heteroatoms. The van der Waals surface area contributed by atoms with Gasteiger partial charge in [0, 0.05) is 29.1 Å². The van der Waals surface area contributed by atoms with Gasteiger partial charge in [0.05, 0.1) is 24.0 Å². The van der Waals surface area contributed by atoms with E-state index >= 15 is 0 Å². The van der Waals surface area contributed by atoms with Crippen molar-refractivity contribution in [1.29, 1.82) is 0 Å². The van der Waals surface area contributed by atoms with Gasteiger partial charge in [0.15, 0.2) is 0 Å². The molecular weight excluding hydrogens is 282 g/mol. The predicted molar refractivity (Wildman–Crippen MR) is 87.3 cm³/mol. The summed E-state index contributed by atoms with van der Waals surface area (Å²) in [5, 5.41) is 3.47. The number of aromatic nitrogens is 1. The zero-order valence-electron chi connectivity index (χ0n) is 13.6. The van der Waals surface area contributed by atoms with Gasteiger partial charge in [0.2, 0.25) is 0 Å². The van der Waals surface area contributed by atoms with Gasteiger partial charge in [-0.05, 0) is 40.8 Å². The van der Waals surface area contributed by atoms with Crippen LogP contribution >= 0.6 is 11.3 Å². The number of nitrogens with zero attached hydrogens (tertiary/aromatic N) is 2. The van der Waals surface area contributed by atoms with Crippen molar-refractivity contribution in [2.24, 2.45) is 0 Å². The first-order valence-electron chi connectivity index (χ1n) is 7.22. The van der Waals surface area contributed by atoms with Gasteiger partial charge in [-0.2, -0.15) is 0 Å². The van der Waals surface area contributed by atoms with Crippen LogP contribution in [0, 0.1) is 6.92 Å². The Labute approximate surface area is 131 Å². The number of rotatable bonds is 6. The van der Waals surface area contributed by atoms with Crippen LogP contribution in [0.25, 0.3) is 0 Å². The Morgan fingerprint density at radius 1 is 1.33 bits per heavy atom. The summed E-state index contributed by atoms with van der Waals surface area (Å²) < 4.78 is 5.66. The van der Waals surface area contributed by atoms with E-state index in [1.807, 2.05) is 11.8 Å². The highest BCUT2D eigenvalue weighted by Crippen LogP contribution is 2.17. The van der Waals surface area contributed by atoms with Gasteiger partial charge in [0.25, 0.3) is 0 Å². The van der Waals surface area contributed by atoms with Crippen LogP contribution in [0.5, 0.6) is 0 Å². The van der Waals surface area contributed by atoms with Crippen LogP contribution < -0.4 is 5.32 Å². The van der Waals surface area contributed by atoms with Crippen LogP contribution in [-0.4, -0.2) is 22.5 Å². The standard InChI is InChI=1S/C16H25N3OS/c1-12-15(21-11-17-12)9-19(5)8-14-6-13(10-20-14)7-18-16(2,3)4/h6,10-11,18H,7-9H2,1-5H3. The summed E-state index contributed by atoms with van der Waals surface area (Å²) in [6, 6.07) is 2.13. The molecule has 2 rings (SSSR count). The topological polar surface area (TPSA) is 41.3 Å². The molecule has 0 radical (unpaired) electrons. The molecule has 1 N–H and O–H groups in total. The maximum absolute atomic E-state index is 5.66. The Balaban J connectivity index is 1.86. The van der Waals surface area contributed by atoms with Gasteiger partial charge in [0.1, 0.15) is 5.76 Å². The van der Waals surface area contributed by atoms with Crippen LogP contribution in [-0.2, 0) is 19.6 Å². The lowest BCUT2D eigenvalue weighted by atomic mass is 10.1. The molecule has 0 saturated heterocycles. The van der Waals surface area contributed by atoms with Crippen LogP contribution in [0.4, 0.5) is 0 Å². The molecule has 0 bridgehead atoms. The van der Waals surface area contributed by atoms with E-state index in [0.717, 1.165) is 31.1 Å². The maximum Gasteiger partial charge on any atom is 0.118 e. The van der Waals surface area contributed by atoms with Gasteiger partial charge < -0.3 is 9.73 Å². The third-order valence-electron chi connectivity index (χ3n) is 3.22.